The van der Waals surface area contributed by atoms with Crippen molar-refractivity contribution in [2.45, 2.75) is 13.8 Å². The average Bonchev–Trinajstić information content (AvgIpc) is 2.50. The minimum Gasteiger partial charge on any atom is -0.329 e. The molecular formula is C17H19N3O2. The van der Waals surface area contributed by atoms with Gasteiger partial charge in [0.15, 0.2) is 0 Å². The summed E-state index contributed by atoms with van der Waals surface area (Å²) in [5, 5.41) is 7.91. The normalized spacial score (nSPS) is 9.91. The molecule has 0 aliphatic rings. The first kappa shape index (κ1) is 15.6. The van der Waals surface area contributed by atoms with Crippen LogP contribution in [0.1, 0.15) is 11.1 Å². The van der Waals surface area contributed by atoms with Crippen LogP contribution in [0.2, 0.25) is 0 Å². The molecule has 2 aromatic carbocycles. The minimum absolute atomic E-state index is 0.0917. The molecule has 0 atom stereocenters. The Morgan fingerprint density at radius 3 is 2.27 bits per heavy atom. The number of urea groups is 1. The molecule has 0 heterocycles. The summed E-state index contributed by atoms with van der Waals surface area (Å²) in [6, 6.07) is 14.3. The minimum atomic E-state index is -0.415. The molecule has 3 N–H and O–H groups in total. The molecule has 2 aromatic rings. The maximum absolute atomic E-state index is 11.8. The summed E-state index contributed by atoms with van der Waals surface area (Å²) in [5.41, 5.74) is 3.67. The molecule has 0 saturated heterocycles. The van der Waals surface area contributed by atoms with E-state index in [1.807, 2.05) is 50.2 Å². The van der Waals surface area contributed by atoms with Gasteiger partial charge < -0.3 is 16.0 Å². The highest BCUT2D eigenvalue weighted by Crippen LogP contribution is 2.13. The van der Waals surface area contributed by atoms with E-state index < -0.39 is 6.03 Å². The second-order valence-electron chi connectivity index (χ2n) is 5.02. The standard InChI is InChI=1S/C17H19N3O2/c1-12-8-9-15(10-13(12)2)19-16(21)11-18-17(22)20-14-6-4-3-5-7-14/h3-10H,11H2,1-2H3,(H,19,21)(H2,18,20,22). The third-order valence-corrected chi connectivity index (χ3v) is 3.23. The fourth-order valence-electron chi connectivity index (χ4n) is 1.88. The molecule has 22 heavy (non-hydrogen) atoms. The summed E-state index contributed by atoms with van der Waals surface area (Å²) in [6.07, 6.45) is 0. The van der Waals surface area contributed by atoms with Crippen LogP contribution in [-0.4, -0.2) is 18.5 Å². The van der Waals surface area contributed by atoms with Crippen molar-refractivity contribution in [3.05, 3.63) is 59.7 Å². The lowest BCUT2D eigenvalue weighted by atomic mass is 10.1. The Morgan fingerprint density at radius 1 is 0.864 bits per heavy atom. The molecule has 2 rings (SSSR count). The van der Waals surface area contributed by atoms with Crippen molar-refractivity contribution in [1.82, 2.24) is 5.32 Å². The first-order valence-electron chi connectivity index (χ1n) is 7.01. The van der Waals surface area contributed by atoms with Crippen LogP contribution < -0.4 is 16.0 Å². The zero-order valence-electron chi connectivity index (χ0n) is 12.6. The van der Waals surface area contributed by atoms with Crippen molar-refractivity contribution in [3.63, 3.8) is 0 Å². The van der Waals surface area contributed by atoms with Crippen molar-refractivity contribution < 1.29 is 9.59 Å². The number of rotatable bonds is 4. The highest BCUT2D eigenvalue weighted by molar-refractivity contribution is 5.96. The summed E-state index contributed by atoms with van der Waals surface area (Å²) >= 11 is 0. The van der Waals surface area contributed by atoms with Gasteiger partial charge in [-0.25, -0.2) is 4.79 Å². The van der Waals surface area contributed by atoms with Gasteiger partial charge in [0.2, 0.25) is 5.91 Å². The number of amides is 3. The van der Waals surface area contributed by atoms with Crippen LogP contribution in [0.15, 0.2) is 48.5 Å². The molecule has 0 aliphatic carbocycles. The molecule has 3 amide bonds. The van der Waals surface area contributed by atoms with E-state index in [4.69, 9.17) is 0 Å². The van der Waals surface area contributed by atoms with E-state index in [1.54, 1.807) is 12.1 Å². The van der Waals surface area contributed by atoms with Crippen molar-refractivity contribution in [1.29, 1.82) is 0 Å². The first-order chi connectivity index (χ1) is 10.5. The van der Waals surface area contributed by atoms with E-state index in [9.17, 15) is 9.59 Å². The van der Waals surface area contributed by atoms with Crippen molar-refractivity contribution in [2.24, 2.45) is 0 Å². The molecule has 114 valence electrons. The highest BCUT2D eigenvalue weighted by atomic mass is 16.2. The van der Waals surface area contributed by atoms with Gasteiger partial charge in [0.05, 0.1) is 6.54 Å². The number of hydrogen-bond acceptors (Lipinski definition) is 2. The third-order valence-electron chi connectivity index (χ3n) is 3.23. The fraction of sp³-hybridized carbons (Fsp3) is 0.176. The Labute approximate surface area is 129 Å². The van der Waals surface area contributed by atoms with Gasteiger partial charge in [-0.2, -0.15) is 0 Å². The average molecular weight is 297 g/mol. The van der Waals surface area contributed by atoms with Gasteiger partial charge in [0.25, 0.3) is 0 Å². The van der Waals surface area contributed by atoms with Gasteiger partial charge >= 0.3 is 6.03 Å². The monoisotopic (exact) mass is 297 g/mol. The number of anilines is 2. The molecule has 0 radical (unpaired) electrons. The lowest BCUT2D eigenvalue weighted by molar-refractivity contribution is -0.115. The third kappa shape index (κ3) is 4.63. The lowest BCUT2D eigenvalue weighted by Gasteiger charge is -2.09. The van der Waals surface area contributed by atoms with E-state index in [0.717, 1.165) is 11.3 Å². The van der Waals surface area contributed by atoms with E-state index in [-0.39, 0.29) is 12.5 Å². The largest absolute Gasteiger partial charge is 0.329 e. The quantitative estimate of drug-likeness (QED) is 0.811. The molecule has 5 heteroatoms. The zero-order valence-corrected chi connectivity index (χ0v) is 12.6. The van der Waals surface area contributed by atoms with Crippen LogP contribution in [0.4, 0.5) is 16.2 Å². The molecule has 0 fully saturated rings. The molecule has 0 spiro atoms. The maximum atomic E-state index is 11.8. The van der Waals surface area contributed by atoms with Crippen LogP contribution in [0, 0.1) is 13.8 Å². The molecular weight excluding hydrogens is 278 g/mol. The lowest BCUT2D eigenvalue weighted by Crippen LogP contribution is -2.35. The predicted molar refractivity (Wildman–Crippen MR) is 88.0 cm³/mol. The molecule has 0 aromatic heterocycles. The number of carbonyl (C=O) groups excluding carboxylic acids is 2. The van der Waals surface area contributed by atoms with Gasteiger partial charge in [-0.15, -0.1) is 0 Å². The van der Waals surface area contributed by atoms with Crippen LogP contribution in [-0.2, 0) is 4.79 Å². The Morgan fingerprint density at radius 2 is 1.59 bits per heavy atom. The van der Waals surface area contributed by atoms with E-state index in [2.05, 4.69) is 16.0 Å². The Balaban J connectivity index is 1.80. The van der Waals surface area contributed by atoms with Crippen LogP contribution >= 0.6 is 0 Å². The van der Waals surface area contributed by atoms with Gasteiger partial charge in [-0.05, 0) is 49.2 Å². The SMILES string of the molecule is Cc1ccc(NC(=O)CNC(=O)Nc2ccccc2)cc1C. The summed E-state index contributed by atoms with van der Waals surface area (Å²) in [6.45, 7) is 3.90. The Kier molecular flexibility index (Phi) is 5.14. The summed E-state index contributed by atoms with van der Waals surface area (Å²) in [4.78, 5) is 23.5. The number of nitrogens with one attached hydrogen (secondary N) is 3. The molecule has 0 saturated carbocycles. The second kappa shape index (κ2) is 7.26. The predicted octanol–water partition coefficient (Wildman–Crippen LogP) is 3.06. The Bertz CT molecular complexity index is 669. The fourth-order valence-corrected chi connectivity index (χ4v) is 1.88. The second-order valence-corrected chi connectivity index (χ2v) is 5.02. The molecule has 0 bridgehead atoms. The summed E-state index contributed by atoms with van der Waals surface area (Å²) in [5.74, 6) is -0.272. The number of carbonyl (C=O) groups is 2. The molecule has 5 nitrogen and oxygen atoms in total. The highest BCUT2D eigenvalue weighted by Gasteiger charge is 2.06. The van der Waals surface area contributed by atoms with Crippen molar-refractivity contribution in [3.8, 4) is 0 Å². The smallest absolute Gasteiger partial charge is 0.319 e. The van der Waals surface area contributed by atoms with E-state index in [0.29, 0.717) is 5.69 Å². The summed E-state index contributed by atoms with van der Waals surface area (Å²) in [7, 11) is 0. The van der Waals surface area contributed by atoms with E-state index in [1.165, 1.54) is 5.56 Å². The molecule has 0 unspecified atom stereocenters. The number of para-hydroxylation sites is 1. The van der Waals surface area contributed by atoms with Gasteiger partial charge in [0, 0.05) is 11.4 Å². The van der Waals surface area contributed by atoms with Crippen molar-refractivity contribution >= 4 is 23.3 Å². The van der Waals surface area contributed by atoms with Crippen molar-refractivity contribution in [2.75, 3.05) is 17.2 Å². The number of benzene rings is 2. The Hall–Kier alpha value is -2.82. The molecule has 0 aliphatic heterocycles. The number of hydrogen-bond donors (Lipinski definition) is 3. The topological polar surface area (TPSA) is 70.2 Å². The van der Waals surface area contributed by atoms with Gasteiger partial charge in [-0.3, -0.25) is 4.79 Å². The van der Waals surface area contributed by atoms with Crippen LogP contribution in [0.5, 0.6) is 0 Å². The number of aryl methyl sites for hydroxylation is 2. The summed E-state index contributed by atoms with van der Waals surface area (Å²) < 4.78 is 0. The first-order valence-corrected chi connectivity index (χ1v) is 7.01. The maximum Gasteiger partial charge on any atom is 0.319 e. The van der Waals surface area contributed by atoms with Gasteiger partial charge in [-0.1, -0.05) is 24.3 Å². The van der Waals surface area contributed by atoms with Crippen LogP contribution in [0.25, 0.3) is 0 Å². The van der Waals surface area contributed by atoms with Crippen LogP contribution in [0.3, 0.4) is 0 Å². The van der Waals surface area contributed by atoms with Gasteiger partial charge in [0.1, 0.15) is 0 Å². The zero-order chi connectivity index (χ0) is 15.9. The van der Waals surface area contributed by atoms with E-state index >= 15 is 0 Å².